The van der Waals surface area contributed by atoms with Gasteiger partial charge in [0.15, 0.2) is 34.5 Å². The number of aliphatic imine (C=N–C) groups is 1. The molecule has 37 heteroatoms. The van der Waals surface area contributed by atoms with E-state index in [9.17, 15) is 59.7 Å². The number of carbonyl (C=O) groups excluding carboxylic acids is 8. The maximum atomic E-state index is 14.3. The lowest BCUT2D eigenvalue weighted by molar-refractivity contribution is -0.138. The van der Waals surface area contributed by atoms with Crippen LogP contribution in [0.1, 0.15) is 129 Å². The van der Waals surface area contributed by atoms with Gasteiger partial charge in [-0.05, 0) is 124 Å². The number of benzene rings is 2. The lowest BCUT2D eigenvalue weighted by Gasteiger charge is -2.27. The maximum Gasteiger partial charge on any atom is 0.294 e. The van der Waals surface area contributed by atoms with Crippen molar-refractivity contribution in [2.24, 2.45) is 39.6 Å². The van der Waals surface area contributed by atoms with Gasteiger partial charge < -0.3 is 81.4 Å². The summed E-state index contributed by atoms with van der Waals surface area (Å²) in [6.07, 6.45) is 12.0. The molecule has 3 aliphatic heterocycles. The Morgan fingerprint density at radius 2 is 1.17 bits per heavy atom. The highest BCUT2D eigenvalue weighted by Crippen LogP contribution is 2.49. The van der Waals surface area contributed by atoms with Crippen LogP contribution in [-0.4, -0.2) is 184 Å². The van der Waals surface area contributed by atoms with Crippen molar-refractivity contribution >= 4 is 121 Å². The van der Waals surface area contributed by atoms with E-state index in [2.05, 4.69) is 52.8 Å². The molecule has 5 rings (SSSR count). The van der Waals surface area contributed by atoms with Crippen molar-refractivity contribution in [1.29, 1.82) is 21.6 Å². The van der Waals surface area contributed by atoms with E-state index in [0.717, 1.165) is 39.3 Å². The molecule has 0 saturated carbocycles. The minimum absolute atomic E-state index is 0.0316. The normalized spacial score (nSPS) is 17.0. The molecule has 0 radical (unpaired) electrons. The molecule has 3 aliphatic rings. The number of fused-ring (bicyclic) bond motifs is 2. The first-order valence-corrected chi connectivity index (χ1v) is 37.1. The van der Waals surface area contributed by atoms with Crippen LogP contribution >= 0.6 is 11.8 Å². The number of thiol groups is 1. The zero-order valence-corrected chi connectivity index (χ0v) is 60.5. The molecule has 0 aromatic heterocycles. The molecule has 0 spiro atoms. The van der Waals surface area contributed by atoms with E-state index < -0.39 is 108 Å². The number of nitrogens with zero attached hydrogens (tertiary/aromatic N) is 3. The zero-order chi connectivity index (χ0) is 75.6. The first-order chi connectivity index (χ1) is 48.0. The van der Waals surface area contributed by atoms with Crippen LogP contribution in [0.15, 0.2) is 87.3 Å². The third kappa shape index (κ3) is 25.2. The van der Waals surface area contributed by atoms with Gasteiger partial charge in [-0.15, -0.1) is 11.8 Å². The van der Waals surface area contributed by atoms with E-state index in [1.165, 1.54) is 18.2 Å². The van der Waals surface area contributed by atoms with Crippen LogP contribution in [0.5, 0.6) is 0 Å². The first kappa shape index (κ1) is 83.0. The van der Waals surface area contributed by atoms with Gasteiger partial charge in [0.1, 0.15) is 24.2 Å². The van der Waals surface area contributed by atoms with Crippen molar-refractivity contribution in [3.05, 3.63) is 83.6 Å². The van der Waals surface area contributed by atoms with Crippen LogP contribution in [0.25, 0.3) is 0 Å². The Morgan fingerprint density at radius 1 is 0.637 bits per heavy atom. The lowest BCUT2D eigenvalue weighted by Crippen LogP contribution is -2.58. The molecule has 2 aromatic rings. The monoisotopic (exact) mass is 1480 g/mol. The van der Waals surface area contributed by atoms with E-state index >= 15 is 0 Å². The molecule has 24 N–H and O–H groups in total. The smallest absolute Gasteiger partial charge is 0.294 e. The van der Waals surface area contributed by atoms with Crippen LogP contribution in [0.2, 0.25) is 0 Å². The zero-order valence-electron chi connectivity index (χ0n) is 58.0. The fourth-order valence-corrected chi connectivity index (χ4v) is 13.8. The number of carbonyl (C=O) groups is 8. The van der Waals surface area contributed by atoms with Gasteiger partial charge in [-0.25, -0.2) is 8.42 Å². The molecule has 0 bridgehead atoms. The van der Waals surface area contributed by atoms with Gasteiger partial charge >= 0.3 is 0 Å². The number of allylic oxidation sites excluding steroid dienone is 6. The van der Waals surface area contributed by atoms with Crippen LogP contribution in [-0.2, 0) is 70.0 Å². The Morgan fingerprint density at radius 3 is 1.69 bits per heavy atom. The minimum Gasteiger partial charge on any atom is -0.370 e. The number of imide groups is 1. The van der Waals surface area contributed by atoms with Crippen LogP contribution in [0.4, 0.5) is 11.4 Å². The third-order valence-corrected chi connectivity index (χ3v) is 20.2. The predicted molar refractivity (Wildman–Crippen MR) is 390 cm³/mol. The molecule has 1 unspecified atom stereocenters. The maximum absolute atomic E-state index is 14.3. The molecule has 1 fully saturated rings. The second kappa shape index (κ2) is 39.0. The fraction of sp³-hybridized carbons (Fsp3) is 0.523. The summed E-state index contributed by atoms with van der Waals surface area (Å²) in [5.74, 6) is -7.65. The number of hydrogen-bond donors (Lipinski definition) is 20. The second-order valence-electron chi connectivity index (χ2n) is 25.9. The number of rotatable bonds is 42. The van der Waals surface area contributed by atoms with E-state index in [4.69, 9.17) is 55.3 Å². The third-order valence-electron chi connectivity index (χ3n) is 17.3. The van der Waals surface area contributed by atoms with Gasteiger partial charge in [0.2, 0.25) is 47.3 Å². The number of guanidine groups is 4. The average molecular weight is 1480 g/mol. The van der Waals surface area contributed by atoms with Gasteiger partial charge in [0, 0.05) is 92.5 Å². The number of hydrogen-bond acceptors (Lipinski definition) is 19. The number of nitrogens with one attached hydrogen (secondary N) is 13. The summed E-state index contributed by atoms with van der Waals surface area (Å²) < 4.78 is 57.8. The van der Waals surface area contributed by atoms with Crippen molar-refractivity contribution < 1.29 is 59.7 Å². The van der Waals surface area contributed by atoms with Crippen molar-refractivity contribution in [2.75, 3.05) is 56.5 Å². The fourth-order valence-electron chi connectivity index (χ4n) is 11.6. The molecular weight excluding hydrogens is 1380 g/mol. The number of anilines is 1. The van der Waals surface area contributed by atoms with Crippen molar-refractivity contribution in [3.63, 3.8) is 0 Å². The Balaban J connectivity index is 1.17. The molecule has 6 atom stereocenters. The van der Waals surface area contributed by atoms with E-state index in [1.54, 1.807) is 25.1 Å². The number of primary amides is 1. The van der Waals surface area contributed by atoms with Gasteiger partial charge in [-0.3, -0.25) is 74.4 Å². The summed E-state index contributed by atoms with van der Waals surface area (Å²) in [6, 6.07) is 3.88. The molecule has 102 heavy (non-hydrogen) atoms. The van der Waals surface area contributed by atoms with E-state index in [1.807, 2.05) is 58.1 Å². The van der Waals surface area contributed by atoms with E-state index in [-0.39, 0.29) is 129 Å². The van der Waals surface area contributed by atoms with Gasteiger partial charge in [0.05, 0.1) is 26.4 Å². The standard InChI is InChI=1S/C65H99N21O13S3/c1-38(16-12-27-76-60(67)68)55(90)81-44(17-13-28-77-61(69)70)56(91)82-45(18-14-29-78-62(71)72)57(92)83-46(19-15-30-79-63(73)74)58(93)84-47(54(66)89)37-100-49-36-53(88)86(59(49)94)33-31-75-52(87)22-10-7-11-32-85-48-26-24-40(102(97,98)99)35-42(48)65(4,5)51(85)21-9-6-8-20-50-64(2,3)41-34-39(101(95)96)23-25-43(41)80-50/h6,8-9,20-21,23-26,34-35,38,44-47,49,101H,7,10-19,22,27-33,36-37H2,1-5H3,(H2,66,89)(H,75,87)(H,81,90)(H,82,91)(H,83,92)(H,84,93)(H4,67,68,76)(H4,69,70,77)(H4,71,72,78)(H4,73,74,79)(H,97,98,99)/b9-6+,20-8+,51-21+/t38-,44-,45-,46-,47-,49?/m1/s1. The largest absolute Gasteiger partial charge is 0.370 e. The summed E-state index contributed by atoms with van der Waals surface area (Å²) in [4.78, 5) is 117. The van der Waals surface area contributed by atoms with Crippen LogP contribution in [0, 0.1) is 27.6 Å². The van der Waals surface area contributed by atoms with Gasteiger partial charge in [0.25, 0.3) is 10.1 Å². The number of nitrogens with two attached hydrogens (primary N) is 5. The van der Waals surface area contributed by atoms with Crippen molar-refractivity contribution in [2.45, 2.75) is 168 Å². The second-order valence-corrected chi connectivity index (χ2v) is 29.5. The van der Waals surface area contributed by atoms with Crippen LogP contribution in [0.3, 0.4) is 0 Å². The molecule has 2 aromatic carbocycles. The Labute approximate surface area is 599 Å². The Kier molecular flexibility index (Phi) is 31.7. The van der Waals surface area contributed by atoms with Crippen molar-refractivity contribution in [3.8, 4) is 0 Å². The number of likely N-dealkylation sites (tertiary alicyclic amines) is 1. The molecule has 34 nitrogen and oxygen atoms in total. The summed E-state index contributed by atoms with van der Waals surface area (Å²) in [7, 11) is -7.28. The highest BCUT2D eigenvalue weighted by atomic mass is 32.2. The summed E-state index contributed by atoms with van der Waals surface area (Å²) >= 11 is 0.890. The highest BCUT2D eigenvalue weighted by Gasteiger charge is 2.42. The first-order valence-electron chi connectivity index (χ1n) is 33.4. The predicted octanol–water partition coefficient (Wildman–Crippen LogP) is -0.288. The quantitative estimate of drug-likeness (QED) is 0.00772. The summed E-state index contributed by atoms with van der Waals surface area (Å²) in [5, 5.41) is 52.9. The minimum atomic E-state index is -4.52. The number of amides is 8. The van der Waals surface area contributed by atoms with E-state index in [0.29, 0.717) is 56.4 Å². The van der Waals surface area contributed by atoms with Gasteiger partial charge in [-0.2, -0.15) is 8.42 Å². The molecular formula is C65H99N21O13S3. The molecule has 8 amide bonds. The summed E-state index contributed by atoms with van der Waals surface area (Å²) in [6.45, 7) is 10.4. The highest BCUT2D eigenvalue weighted by molar-refractivity contribution is 8.00. The Hall–Kier alpha value is -9.62. The molecule has 3 heterocycles. The van der Waals surface area contributed by atoms with Gasteiger partial charge in [-0.1, -0.05) is 59.3 Å². The topological polar surface area (TPSA) is 578 Å². The number of thioether (sulfide) groups is 1. The van der Waals surface area contributed by atoms with Crippen LogP contribution < -0.4 is 81.4 Å². The molecule has 560 valence electrons. The van der Waals surface area contributed by atoms with Crippen molar-refractivity contribution in [1.82, 2.24) is 52.8 Å². The molecule has 0 aliphatic carbocycles. The lowest BCUT2D eigenvalue weighted by atomic mass is 9.81. The Bertz CT molecular complexity index is 3770. The SMILES string of the molecule is C[C@H](CCCNC(=N)N)C(=O)N[C@H](CCCNC(=N)N)C(=O)N[C@H](CCCNC(=N)N)C(=O)N[C@H](CCCNC(=N)N)C(=O)N[C@H](CSC1CC(=O)N(CCNC(=O)CCCCCN2/C(=C/C=C/C=C/C3=Nc4ccc([SH](=O)=O)cc4C3(C)C)C(C)(C)c3cc(S(=O)(=O)O)ccc32)C1=O)C(N)=O. The number of unbranched alkanes of at least 4 members (excludes halogenated alkanes) is 2. The average Bonchev–Trinajstić information content (AvgIpc) is 1.59. The summed E-state index contributed by atoms with van der Waals surface area (Å²) in [5.41, 5.74) is 30.8. The molecule has 1 saturated heterocycles.